The Morgan fingerprint density at radius 2 is 2.08 bits per heavy atom. The molecule has 0 aliphatic rings. The summed E-state index contributed by atoms with van der Waals surface area (Å²) in [5, 5.41) is 2.70. The maximum Gasteiger partial charge on any atom is 0.281 e. The van der Waals surface area contributed by atoms with Crippen molar-refractivity contribution in [1.82, 2.24) is 14.5 Å². The first-order chi connectivity index (χ1) is 11.7. The lowest BCUT2D eigenvalue weighted by Crippen LogP contribution is -2.14. The lowest BCUT2D eigenvalue weighted by molar-refractivity contribution is 0.0999. The number of nitrogens with one attached hydrogen (secondary N) is 1. The Hall–Kier alpha value is -2.99. The Bertz CT molecular complexity index is 1090. The van der Waals surface area contributed by atoms with E-state index in [4.69, 9.17) is 0 Å². The number of nitrogens with zero attached hydrogens (tertiary/aromatic N) is 3. The summed E-state index contributed by atoms with van der Waals surface area (Å²) in [5.74, 6) is -0.280. The molecule has 4 aromatic rings. The first-order valence-corrected chi connectivity index (χ1v) is 8.35. The molecule has 0 saturated heterocycles. The molecule has 0 aliphatic heterocycles. The molecule has 1 N–H and O–H groups in total. The number of thiazole rings is 1. The highest BCUT2D eigenvalue weighted by Crippen LogP contribution is 2.16. The van der Waals surface area contributed by atoms with Gasteiger partial charge in [0.15, 0.2) is 4.80 Å². The van der Waals surface area contributed by atoms with Crippen molar-refractivity contribution < 1.29 is 4.79 Å². The average molecular weight is 334 g/mol. The topological polar surface area (TPSA) is 63.0 Å². The van der Waals surface area contributed by atoms with E-state index in [1.807, 2.05) is 59.5 Å². The number of benzene rings is 1. The fraction of sp³-hybridized carbons (Fsp3) is 0.0556. The van der Waals surface area contributed by atoms with Crippen molar-refractivity contribution >= 4 is 28.3 Å². The normalized spacial score (nSPS) is 12.0. The van der Waals surface area contributed by atoms with Crippen molar-refractivity contribution in [3.8, 4) is 5.69 Å². The lowest BCUT2D eigenvalue weighted by atomic mass is 10.2. The Morgan fingerprint density at radius 3 is 2.92 bits per heavy atom. The van der Waals surface area contributed by atoms with Gasteiger partial charge in [-0.25, -0.2) is 4.98 Å². The summed E-state index contributed by atoms with van der Waals surface area (Å²) in [6.45, 7) is 2.04. The standard InChI is InChI=1S/C18H14N4OS/c1-12-4-6-13(7-5-12)22-9-10-24-18(22)21-17(23)15-11-20-16-14(15)3-2-8-19-16/h2-11H,1H3,(H,19,20)/b21-18-. The molecule has 0 radical (unpaired) electrons. The van der Waals surface area contributed by atoms with Gasteiger partial charge in [-0.2, -0.15) is 4.99 Å². The molecule has 0 bridgehead atoms. The van der Waals surface area contributed by atoms with Crippen LogP contribution in [0.4, 0.5) is 0 Å². The largest absolute Gasteiger partial charge is 0.345 e. The number of carbonyl (C=O) groups is 1. The first-order valence-electron chi connectivity index (χ1n) is 7.47. The van der Waals surface area contributed by atoms with Crippen molar-refractivity contribution in [1.29, 1.82) is 0 Å². The van der Waals surface area contributed by atoms with Crippen LogP contribution in [0.3, 0.4) is 0 Å². The zero-order valence-electron chi connectivity index (χ0n) is 12.9. The van der Waals surface area contributed by atoms with Crippen molar-refractivity contribution in [3.63, 3.8) is 0 Å². The summed E-state index contributed by atoms with van der Waals surface area (Å²) in [6, 6.07) is 11.8. The third-order valence-corrected chi connectivity index (χ3v) is 4.54. The molecule has 0 spiro atoms. The highest BCUT2D eigenvalue weighted by Gasteiger charge is 2.12. The minimum atomic E-state index is -0.280. The smallest absolute Gasteiger partial charge is 0.281 e. The van der Waals surface area contributed by atoms with E-state index in [9.17, 15) is 4.79 Å². The van der Waals surface area contributed by atoms with Gasteiger partial charge in [0.05, 0.1) is 5.56 Å². The molecule has 3 aromatic heterocycles. The predicted octanol–water partition coefficient (Wildman–Crippen LogP) is 3.46. The second-order valence-electron chi connectivity index (χ2n) is 5.41. The lowest BCUT2D eigenvalue weighted by Gasteiger charge is -2.02. The minimum absolute atomic E-state index is 0.280. The molecule has 118 valence electrons. The number of aromatic nitrogens is 3. The molecule has 0 saturated carbocycles. The maximum absolute atomic E-state index is 12.6. The van der Waals surface area contributed by atoms with Gasteiger partial charge in [-0.05, 0) is 31.2 Å². The van der Waals surface area contributed by atoms with E-state index >= 15 is 0 Å². The molecule has 0 aliphatic carbocycles. The second-order valence-corrected chi connectivity index (χ2v) is 6.28. The van der Waals surface area contributed by atoms with Gasteiger partial charge >= 0.3 is 0 Å². The summed E-state index contributed by atoms with van der Waals surface area (Å²) >= 11 is 1.43. The van der Waals surface area contributed by atoms with Crippen LogP contribution in [0.25, 0.3) is 16.7 Å². The molecule has 24 heavy (non-hydrogen) atoms. The quantitative estimate of drug-likeness (QED) is 0.610. The van der Waals surface area contributed by atoms with Crippen molar-refractivity contribution in [2.75, 3.05) is 0 Å². The number of pyridine rings is 1. The molecular formula is C18H14N4OS. The van der Waals surface area contributed by atoms with Crippen molar-refractivity contribution in [2.45, 2.75) is 6.92 Å². The van der Waals surface area contributed by atoms with Crippen LogP contribution in [0.5, 0.6) is 0 Å². The number of aryl methyl sites for hydroxylation is 1. The van der Waals surface area contributed by atoms with E-state index in [2.05, 4.69) is 15.0 Å². The van der Waals surface area contributed by atoms with Crippen LogP contribution in [-0.2, 0) is 0 Å². The summed E-state index contributed by atoms with van der Waals surface area (Å²) in [5.41, 5.74) is 3.39. The number of hydrogen-bond donors (Lipinski definition) is 1. The maximum atomic E-state index is 12.6. The Balaban J connectivity index is 1.78. The third-order valence-electron chi connectivity index (χ3n) is 3.78. The van der Waals surface area contributed by atoms with Gasteiger partial charge < -0.3 is 4.98 Å². The number of aromatic amines is 1. The van der Waals surface area contributed by atoms with Crippen molar-refractivity contribution in [2.24, 2.45) is 4.99 Å². The molecule has 4 rings (SSSR count). The number of carbonyl (C=O) groups excluding carboxylic acids is 1. The fourth-order valence-electron chi connectivity index (χ4n) is 2.53. The molecule has 6 heteroatoms. The first kappa shape index (κ1) is 14.6. The van der Waals surface area contributed by atoms with Gasteiger partial charge in [0.25, 0.3) is 5.91 Å². The van der Waals surface area contributed by atoms with Gasteiger partial charge in [-0.15, -0.1) is 11.3 Å². The van der Waals surface area contributed by atoms with E-state index in [1.54, 1.807) is 12.4 Å². The summed E-state index contributed by atoms with van der Waals surface area (Å²) in [7, 11) is 0. The van der Waals surface area contributed by atoms with Gasteiger partial charge in [0.2, 0.25) is 0 Å². The molecule has 0 atom stereocenters. The molecule has 1 aromatic carbocycles. The summed E-state index contributed by atoms with van der Waals surface area (Å²) < 4.78 is 1.91. The van der Waals surface area contributed by atoms with Crippen LogP contribution >= 0.6 is 11.3 Å². The molecule has 0 fully saturated rings. The monoisotopic (exact) mass is 334 g/mol. The van der Waals surface area contributed by atoms with E-state index in [-0.39, 0.29) is 5.91 Å². The molecule has 3 heterocycles. The molecule has 0 unspecified atom stereocenters. The van der Waals surface area contributed by atoms with Gasteiger partial charge in [-0.3, -0.25) is 9.36 Å². The number of fused-ring (bicyclic) bond motifs is 1. The van der Waals surface area contributed by atoms with E-state index in [0.717, 1.165) is 11.1 Å². The Kier molecular flexibility index (Phi) is 3.59. The number of H-pyrrole nitrogens is 1. The van der Waals surface area contributed by atoms with Gasteiger partial charge in [0.1, 0.15) is 5.65 Å². The molecular weight excluding hydrogens is 320 g/mol. The number of rotatable bonds is 2. The number of hydrogen-bond acceptors (Lipinski definition) is 3. The van der Waals surface area contributed by atoms with Crippen LogP contribution in [0.2, 0.25) is 0 Å². The number of amides is 1. The Labute approximate surface area is 142 Å². The van der Waals surface area contributed by atoms with Crippen molar-refractivity contribution in [3.05, 3.63) is 76.3 Å². The second kappa shape index (κ2) is 5.90. The summed E-state index contributed by atoms with van der Waals surface area (Å²) in [6.07, 6.45) is 5.26. The van der Waals surface area contributed by atoms with Gasteiger partial charge in [0, 0.05) is 35.0 Å². The van der Waals surface area contributed by atoms with E-state index in [1.165, 1.54) is 16.9 Å². The van der Waals surface area contributed by atoms with Gasteiger partial charge in [-0.1, -0.05) is 17.7 Å². The highest BCUT2D eigenvalue weighted by molar-refractivity contribution is 7.07. The van der Waals surface area contributed by atoms with Crippen LogP contribution in [0, 0.1) is 6.92 Å². The van der Waals surface area contributed by atoms with E-state index in [0.29, 0.717) is 16.0 Å². The van der Waals surface area contributed by atoms with E-state index < -0.39 is 0 Å². The van der Waals surface area contributed by atoms with Crippen LogP contribution in [0.15, 0.2) is 65.4 Å². The highest BCUT2D eigenvalue weighted by atomic mass is 32.1. The SMILES string of the molecule is Cc1ccc(-n2ccs/c2=N\C(=O)c2c[nH]c3ncccc23)cc1. The van der Waals surface area contributed by atoms with Crippen LogP contribution in [-0.4, -0.2) is 20.4 Å². The Morgan fingerprint density at radius 1 is 1.25 bits per heavy atom. The average Bonchev–Trinajstić information content (AvgIpc) is 3.22. The van der Waals surface area contributed by atoms with Crippen LogP contribution in [0.1, 0.15) is 15.9 Å². The zero-order valence-corrected chi connectivity index (χ0v) is 13.7. The predicted molar refractivity (Wildman–Crippen MR) is 94.4 cm³/mol. The molecule has 5 nitrogen and oxygen atoms in total. The van der Waals surface area contributed by atoms with Crippen LogP contribution < -0.4 is 4.80 Å². The zero-order chi connectivity index (χ0) is 16.5. The summed E-state index contributed by atoms with van der Waals surface area (Å²) in [4.78, 5) is 24.8. The molecule has 1 amide bonds. The minimum Gasteiger partial charge on any atom is -0.345 e. The fourth-order valence-corrected chi connectivity index (χ4v) is 3.25. The third kappa shape index (κ3) is 2.57.